The fourth-order valence-corrected chi connectivity index (χ4v) is 3.02. The third kappa shape index (κ3) is 2.39. The highest BCUT2D eigenvalue weighted by molar-refractivity contribution is 6.29. The molecule has 4 nitrogen and oxygen atoms in total. The first-order chi connectivity index (χ1) is 8.20. The fourth-order valence-electron chi connectivity index (χ4n) is 2.87. The van der Waals surface area contributed by atoms with Gasteiger partial charge < -0.3 is 11.1 Å². The van der Waals surface area contributed by atoms with E-state index in [0.717, 1.165) is 25.2 Å². The standard InChI is InChI=1S/C12H17ClN4/c13-11-4-1-8(12(14)16-11)5-17-6-9-2-3-10(7-17)15-9/h1,4,9-10,15H,2-3,5-7H2,(H2,14,16)/t9-,10+. The highest BCUT2D eigenvalue weighted by atomic mass is 35.5. The summed E-state index contributed by atoms with van der Waals surface area (Å²) in [7, 11) is 0. The second kappa shape index (κ2) is 4.44. The summed E-state index contributed by atoms with van der Waals surface area (Å²) in [6, 6.07) is 5.11. The number of nitrogens with two attached hydrogens (primary N) is 1. The molecule has 3 rings (SSSR count). The maximum atomic E-state index is 5.89. The zero-order chi connectivity index (χ0) is 11.8. The number of halogens is 1. The monoisotopic (exact) mass is 252 g/mol. The van der Waals surface area contributed by atoms with Gasteiger partial charge in [0.1, 0.15) is 11.0 Å². The Labute approximate surface area is 106 Å². The highest BCUT2D eigenvalue weighted by Gasteiger charge is 2.32. The molecule has 0 amide bonds. The van der Waals surface area contributed by atoms with Crippen LogP contribution in [0.4, 0.5) is 5.82 Å². The van der Waals surface area contributed by atoms with E-state index in [0.29, 0.717) is 23.1 Å². The maximum Gasteiger partial charge on any atom is 0.131 e. The van der Waals surface area contributed by atoms with Crippen molar-refractivity contribution in [2.45, 2.75) is 31.5 Å². The van der Waals surface area contributed by atoms with Crippen molar-refractivity contribution in [1.29, 1.82) is 0 Å². The minimum atomic E-state index is 0.464. The van der Waals surface area contributed by atoms with Gasteiger partial charge in [-0.25, -0.2) is 4.98 Å². The van der Waals surface area contributed by atoms with Gasteiger partial charge in [0, 0.05) is 37.3 Å². The normalized spacial score (nSPS) is 28.5. The lowest BCUT2D eigenvalue weighted by Crippen LogP contribution is -2.50. The van der Waals surface area contributed by atoms with E-state index in [1.165, 1.54) is 12.8 Å². The van der Waals surface area contributed by atoms with Crippen LogP contribution in [0.1, 0.15) is 18.4 Å². The first-order valence-corrected chi connectivity index (χ1v) is 6.48. The van der Waals surface area contributed by atoms with Crippen molar-refractivity contribution in [3.8, 4) is 0 Å². The van der Waals surface area contributed by atoms with Crippen LogP contribution in [-0.4, -0.2) is 35.1 Å². The molecule has 2 aliphatic heterocycles. The number of hydrogen-bond acceptors (Lipinski definition) is 4. The number of aromatic nitrogens is 1. The van der Waals surface area contributed by atoms with Crippen molar-refractivity contribution in [2.24, 2.45) is 0 Å². The summed E-state index contributed by atoms with van der Waals surface area (Å²) in [5.74, 6) is 0.559. The van der Waals surface area contributed by atoms with Gasteiger partial charge in [-0.3, -0.25) is 4.90 Å². The smallest absolute Gasteiger partial charge is 0.131 e. The number of piperazine rings is 1. The molecule has 2 aliphatic rings. The van der Waals surface area contributed by atoms with Gasteiger partial charge in [-0.05, 0) is 18.9 Å². The van der Waals surface area contributed by atoms with Crippen molar-refractivity contribution in [3.05, 3.63) is 22.8 Å². The molecule has 1 aromatic rings. The summed E-state index contributed by atoms with van der Waals surface area (Å²) in [6.07, 6.45) is 2.60. The Bertz CT molecular complexity index is 411. The van der Waals surface area contributed by atoms with Gasteiger partial charge in [-0.1, -0.05) is 17.7 Å². The molecule has 1 aromatic heterocycles. The Hall–Kier alpha value is -0.840. The van der Waals surface area contributed by atoms with Gasteiger partial charge in [0.2, 0.25) is 0 Å². The number of anilines is 1. The van der Waals surface area contributed by atoms with Gasteiger partial charge in [0.15, 0.2) is 0 Å². The largest absolute Gasteiger partial charge is 0.383 e. The summed E-state index contributed by atoms with van der Waals surface area (Å²) in [5.41, 5.74) is 6.96. The lowest BCUT2D eigenvalue weighted by molar-refractivity contribution is 0.189. The Balaban J connectivity index is 1.70. The van der Waals surface area contributed by atoms with Crippen LogP contribution in [-0.2, 0) is 6.54 Å². The number of rotatable bonds is 2. The van der Waals surface area contributed by atoms with E-state index in [1.807, 2.05) is 12.1 Å². The molecule has 2 bridgehead atoms. The topological polar surface area (TPSA) is 54.2 Å². The molecule has 2 fully saturated rings. The van der Waals surface area contributed by atoms with E-state index < -0.39 is 0 Å². The van der Waals surface area contributed by atoms with Crippen LogP contribution in [0.15, 0.2) is 12.1 Å². The molecule has 3 N–H and O–H groups in total. The summed E-state index contributed by atoms with van der Waals surface area (Å²) < 4.78 is 0. The number of nitrogen functional groups attached to an aromatic ring is 1. The Kier molecular flexibility index (Phi) is 2.94. The minimum absolute atomic E-state index is 0.464. The summed E-state index contributed by atoms with van der Waals surface area (Å²) in [6.45, 7) is 3.10. The third-order valence-electron chi connectivity index (χ3n) is 3.66. The van der Waals surface area contributed by atoms with Crippen LogP contribution < -0.4 is 11.1 Å². The fraction of sp³-hybridized carbons (Fsp3) is 0.583. The minimum Gasteiger partial charge on any atom is -0.383 e. The van der Waals surface area contributed by atoms with Crippen LogP contribution in [0.2, 0.25) is 5.15 Å². The molecule has 5 heteroatoms. The number of pyridine rings is 1. The molecule has 0 saturated carbocycles. The van der Waals surface area contributed by atoms with Crippen molar-refractivity contribution >= 4 is 17.4 Å². The Morgan fingerprint density at radius 3 is 2.71 bits per heavy atom. The molecule has 0 unspecified atom stereocenters. The molecule has 0 aromatic carbocycles. The maximum absolute atomic E-state index is 5.89. The molecule has 3 heterocycles. The van der Waals surface area contributed by atoms with Crippen LogP contribution in [0.3, 0.4) is 0 Å². The second-order valence-electron chi connectivity index (χ2n) is 5.01. The number of fused-ring (bicyclic) bond motifs is 2. The quantitative estimate of drug-likeness (QED) is 0.778. The number of nitrogens with zero attached hydrogens (tertiary/aromatic N) is 2. The van der Waals surface area contributed by atoms with Crippen LogP contribution in [0.5, 0.6) is 0 Å². The number of hydrogen-bond donors (Lipinski definition) is 2. The average molecular weight is 253 g/mol. The van der Waals surface area contributed by atoms with Crippen LogP contribution in [0.25, 0.3) is 0 Å². The molecule has 2 saturated heterocycles. The molecule has 0 radical (unpaired) electrons. The average Bonchev–Trinajstić information content (AvgIpc) is 2.62. The van der Waals surface area contributed by atoms with E-state index in [9.17, 15) is 0 Å². The third-order valence-corrected chi connectivity index (χ3v) is 3.87. The zero-order valence-electron chi connectivity index (χ0n) is 9.69. The lowest BCUT2D eigenvalue weighted by atomic mass is 10.2. The van der Waals surface area contributed by atoms with Crippen molar-refractivity contribution in [1.82, 2.24) is 15.2 Å². The van der Waals surface area contributed by atoms with Crippen molar-refractivity contribution in [3.63, 3.8) is 0 Å². The van der Waals surface area contributed by atoms with Crippen molar-refractivity contribution < 1.29 is 0 Å². The van der Waals surface area contributed by atoms with E-state index in [1.54, 1.807) is 0 Å². The molecule has 0 spiro atoms. The SMILES string of the molecule is Nc1nc(Cl)ccc1CN1C[C@H]2CC[C@@H](C1)N2. The molecule has 92 valence electrons. The number of nitrogens with one attached hydrogen (secondary N) is 1. The van der Waals surface area contributed by atoms with Crippen molar-refractivity contribution in [2.75, 3.05) is 18.8 Å². The molecule has 0 aliphatic carbocycles. The molecular formula is C12H17ClN4. The van der Waals surface area contributed by atoms with Crippen LogP contribution in [0, 0.1) is 0 Å². The van der Waals surface area contributed by atoms with E-state index in [-0.39, 0.29) is 0 Å². The van der Waals surface area contributed by atoms with Gasteiger partial charge >= 0.3 is 0 Å². The lowest BCUT2D eigenvalue weighted by Gasteiger charge is -2.32. The first-order valence-electron chi connectivity index (χ1n) is 6.10. The molecule has 17 heavy (non-hydrogen) atoms. The van der Waals surface area contributed by atoms with Gasteiger partial charge in [0.25, 0.3) is 0 Å². The number of likely N-dealkylation sites (tertiary alicyclic amines) is 1. The van der Waals surface area contributed by atoms with E-state index in [4.69, 9.17) is 17.3 Å². The van der Waals surface area contributed by atoms with Gasteiger partial charge in [-0.2, -0.15) is 0 Å². The Morgan fingerprint density at radius 1 is 1.35 bits per heavy atom. The molecular weight excluding hydrogens is 236 g/mol. The Morgan fingerprint density at radius 2 is 2.06 bits per heavy atom. The van der Waals surface area contributed by atoms with Crippen LogP contribution >= 0.6 is 11.6 Å². The summed E-state index contributed by atoms with van der Waals surface area (Å²) in [5, 5.41) is 4.08. The van der Waals surface area contributed by atoms with E-state index >= 15 is 0 Å². The summed E-state index contributed by atoms with van der Waals surface area (Å²) >= 11 is 5.80. The summed E-state index contributed by atoms with van der Waals surface area (Å²) in [4.78, 5) is 6.55. The van der Waals surface area contributed by atoms with Gasteiger partial charge in [-0.15, -0.1) is 0 Å². The molecule has 2 atom stereocenters. The van der Waals surface area contributed by atoms with E-state index in [2.05, 4.69) is 15.2 Å². The van der Waals surface area contributed by atoms with Gasteiger partial charge in [0.05, 0.1) is 0 Å². The zero-order valence-corrected chi connectivity index (χ0v) is 10.5. The predicted molar refractivity (Wildman–Crippen MR) is 68.9 cm³/mol. The second-order valence-corrected chi connectivity index (χ2v) is 5.40. The first kappa shape index (κ1) is 11.3. The predicted octanol–water partition coefficient (Wildman–Crippen LogP) is 1.25. The highest BCUT2D eigenvalue weighted by Crippen LogP contribution is 2.23.